The van der Waals surface area contributed by atoms with Gasteiger partial charge in [0, 0.05) is 62.2 Å². The third-order valence-corrected chi connectivity index (χ3v) is 8.12. The van der Waals surface area contributed by atoms with Gasteiger partial charge >= 0.3 is 0 Å². The van der Waals surface area contributed by atoms with Crippen LogP contribution in [-0.2, 0) is 12.1 Å². The Balaban J connectivity index is 1.10. The van der Waals surface area contributed by atoms with Gasteiger partial charge < -0.3 is 25.6 Å². The summed E-state index contributed by atoms with van der Waals surface area (Å²) in [5.41, 5.74) is 7.12. The van der Waals surface area contributed by atoms with Crippen LogP contribution in [0.15, 0.2) is 73.7 Å². The van der Waals surface area contributed by atoms with Gasteiger partial charge in [-0.05, 0) is 49.2 Å². The summed E-state index contributed by atoms with van der Waals surface area (Å²) in [4.78, 5) is 19.4. The molecule has 6 rings (SSSR count). The van der Waals surface area contributed by atoms with E-state index in [1.54, 1.807) is 30.7 Å². The standard InChI is InChI=1S/C31H33F3N10O/c32-22-3-1-21(2-4-22)28-29(27-7-10-38-30(35)41-27)44(20-39-28)24-8-12-42(13-9-24)14-11-36-16-31(45,17-43-19-37-18-40-43)25-6-5-23(33)15-26(25)34/h1-7,10,15,18-20,24,36,45H,8-9,11-14,16-17H2,(H2,35,38,41)/t31-/m1/s1. The van der Waals surface area contributed by atoms with Crippen molar-refractivity contribution in [1.82, 2.24) is 44.5 Å². The second-order valence-corrected chi connectivity index (χ2v) is 11.2. The third-order valence-electron chi connectivity index (χ3n) is 8.12. The van der Waals surface area contributed by atoms with Crippen molar-refractivity contribution in [1.29, 1.82) is 0 Å². The Labute approximate surface area is 257 Å². The number of hydrogen-bond donors (Lipinski definition) is 3. The maximum atomic E-state index is 14.7. The number of likely N-dealkylation sites (tertiary alicyclic amines) is 1. The molecule has 0 bridgehead atoms. The normalized spacial score (nSPS) is 15.7. The zero-order chi connectivity index (χ0) is 31.4. The Bertz CT molecular complexity index is 1720. The van der Waals surface area contributed by atoms with Crippen LogP contribution in [0.25, 0.3) is 22.6 Å². The van der Waals surface area contributed by atoms with Gasteiger partial charge in [-0.3, -0.25) is 0 Å². The number of imidazole rings is 1. The first-order chi connectivity index (χ1) is 21.8. The molecule has 0 radical (unpaired) electrons. The minimum Gasteiger partial charge on any atom is -0.382 e. The lowest BCUT2D eigenvalue weighted by atomic mass is 9.93. The number of nitrogens with zero attached hydrogens (tertiary/aromatic N) is 8. The number of aromatic nitrogens is 7. The molecule has 1 saturated heterocycles. The molecule has 3 aromatic heterocycles. The van der Waals surface area contributed by atoms with Crippen molar-refractivity contribution in [2.75, 3.05) is 38.5 Å². The van der Waals surface area contributed by atoms with E-state index >= 15 is 0 Å². The van der Waals surface area contributed by atoms with Crippen molar-refractivity contribution in [2.24, 2.45) is 0 Å². The molecule has 0 unspecified atom stereocenters. The molecule has 5 aromatic rings. The van der Waals surface area contributed by atoms with E-state index in [4.69, 9.17) is 10.7 Å². The molecule has 45 heavy (non-hydrogen) atoms. The molecular formula is C31H33F3N10O. The van der Waals surface area contributed by atoms with Crippen LogP contribution in [0.5, 0.6) is 0 Å². The Morgan fingerprint density at radius 2 is 1.76 bits per heavy atom. The van der Waals surface area contributed by atoms with E-state index in [2.05, 4.69) is 34.8 Å². The number of rotatable bonds is 11. The number of nitrogens with two attached hydrogens (primary N) is 1. The number of aliphatic hydroxyl groups is 1. The molecule has 4 N–H and O–H groups in total. The molecule has 1 aliphatic rings. The van der Waals surface area contributed by atoms with Gasteiger partial charge in [-0.2, -0.15) is 5.10 Å². The zero-order valence-corrected chi connectivity index (χ0v) is 24.4. The number of halogens is 3. The van der Waals surface area contributed by atoms with E-state index < -0.39 is 17.2 Å². The lowest BCUT2D eigenvalue weighted by Gasteiger charge is -2.34. The van der Waals surface area contributed by atoms with E-state index in [1.807, 2.05) is 0 Å². The van der Waals surface area contributed by atoms with Crippen LogP contribution in [0.2, 0.25) is 0 Å². The Morgan fingerprint density at radius 3 is 2.47 bits per heavy atom. The molecular weight excluding hydrogens is 585 g/mol. The van der Waals surface area contributed by atoms with E-state index in [0.29, 0.717) is 24.5 Å². The fourth-order valence-electron chi connectivity index (χ4n) is 5.86. The largest absolute Gasteiger partial charge is 0.382 e. The van der Waals surface area contributed by atoms with Gasteiger partial charge in [0.2, 0.25) is 5.95 Å². The van der Waals surface area contributed by atoms with Gasteiger partial charge in [-0.1, -0.05) is 6.07 Å². The lowest BCUT2D eigenvalue weighted by Crippen LogP contribution is -2.45. The molecule has 14 heteroatoms. The average Bonchev–Trinajstić information content (AvgIpc) is 3.70. The summed E-state index contributed by atoms with van der Waals surface area (Å²) >= 11 is 0. The average molecular weight is 619 g/mol. The van der Waals surface area contributed by atoms with Gasteiger partial charge in [0.05, 0.1) is 30.0 Å². The summed E-state index contributed by atoms with van der Waals surface area (Å²) < 4.78 is 45.5. The minimum absolute atomic E-state index is 0.0192. The van der Waals surface area contributed by atoms with E-state index in [1.165, 1.54) is 35.5 Å². The van der Waals surface area contributed by atoms with E-state index in [0.717, 1.165) is 49.3 Å². The number of anilines is 1. The first-order valence-electron chi connectivity index (χ1n) is 14.6. The SMILES string of the molecule is Nc1nccc(-c2c(-c3ccc(F)cc3)ncn2C2CCN(CCNC[C@@](O)(Cn3cncn3)c3ccc(F)cc3F)CC2)n1. The van der Waals surface area contributed by atoms with Gasteiger partial charge in [0.25, 0.3) is 0 Å². The van der Waals surface area contributed by atoms with Gasteiger partial charge in [0.15, 0.2) is 0 Å². The predicted octanol–water partition coefficient (Wildman–Crippen LogP) is 3.41. The van der Waals surface area contributed by atoms with Crippen LogP contribution in [0.1, 0.15) is 24.4 Å². The van der Waals surface area contributed by atoms with Crippen LogP contribution in [-0.4, -0.2) is 77.0 Å². The minimum atomic E-state index is -1.68. The quantitative estimate of drug-likeness (QED) is 0.190. The van der Waals surface area contributed by atoms with Crippen LogP contribution in [0, 0.1) is 17.5 Å². The second kappa shape index (κ2) is 13.1. The highest BCUT2D eigenvalue weighted by molar-refractivity contribution is 5.77. The summed E-state index contributed by atoms with van der Waals surface area (Å²) in [7, 11) is 0. The molecule has 4 heterocycles. The predicted molar refractivity (Wildman–Crippen MR) is 161 cm³/mol. The smallest absolute Gasteiger partial charge is 0.220 e. The maximum absolute atomic E-state index is 14.7. The Hall–Kier alpha value is -4.66. The highest BCUT2D eigenvalue weighted by atomic mass is 19.1. The summed E-state index contributed by atoms with van der Waals surface area (Å²) in [6.07, 6.45) is 7.88. The van der Waals surface area contributed by atoms with Crippen molar-refractivity contribution < 1.29 is 18.3 Å². The summed E-state index contributed by atoms with van der Waals surface area (Å²) in [6.45, 7) is 2.85. The molecule has 11 nitrogen and oxygen atoms in total. The monoisotopic (exact) mass is 618 g/mol. The van der Waals surface area contributed by atoms with Gasteiger partial charge in [0.1, 0.15) is 35.7 Å². The fourth-order valence-corrected chi connectivity index (χ4v) is 5.86. The topological polar surface area (TPSA) is 136 Å². The van der Waals surface area contributed by atoms with Crippen molar-refractivity contribution in [3.8, 4) is 22.6 Å². The highest BCUT2D eigenvalue weighted by Gasteiger charge is 2.33. The molecule has 0 aliphatic carbocycles. The number of benzene rings is 2. The molecule has 1 aliphatic heterocycles. The molecule has 2 aromatic carbocycles. The van der Waals surface area contributed by atoms with E-state index in [-0.39, 0.29) is 36.5 Å². The highest BCUT2D eigenvalue weighted by Crippen LogP contribution is 2.35. The van der Waals surface area contributed by atoms with Crippen molar-refractivity contribution in [2.45, 2.75) is 31.0 Å². The molecule has 1 atom stereocenters. The van der Waals surface area contributed by atoms with Gasteiger partial charge in [-0.25, -0.2) is 37.8 Å². The zero-order valence-electron chi connectivity index (χ0n) is 24.4. The lowest BCUT2D eigenvalue weighted by molar-refractivity contribution is 0.0115. The number of nitrogens with one attached hydrogen (secondary N) is 1. The molecule has 1 fully saturated rings. The van der Waals surface area contributed by atoms with Crippen LogP contribution >= 0.6 is 0 Å². The van der Waals surface area contributed by atoms with Crippen LogP contribution in [0.3, 0.4) is 0 Å². The summed E-state index contributed by atoms with van der Waals surface area (Å²) in [5.74, 6) is -1.71. The number of hydrogen-bond acceptors (Lipinski definition) is 9. The summed E-state index contributed by atoms with van der Waals surface area (Å²) in [5, 5.41) is 18.8. The van der Waals surface area contributed by atoms with Crippen LogP contribution in [0.4, 0.5) is 19.1 Å². The fraction of sp³-hybridized carbons (Fsp3) is 0.323. The maximum Gasteiger partial charge on any atom is 0.220 e. The van der Waals surface area contributed by atoms with Crippen molar-refractivity contribution in [3.63, 3.8) is 0 Å². The molecule has 0 saturated carbocycles. The van der Waals surface area contributed by atoms with Gasteiger partial charge in [-0.15, -0.1) is 0 Å². The second-order valence-electron chi connectivity index (χ2n) is 11.2. The number of nitrogen functional groups attached to an aromatic ring is 1. The third kappa shape index (κ3) is 6.87. The van der Waals surface area contributed by atoms with Crippen molar-refractivity contribution in [3.05, 3.63) is 96.7 Å². The molecule has 0 spiro atoms. The molecule has 234 valence electrons. The Morgan fingerprint density at radius 1 is 0.978 bits per heavy atom. The van der Waals surface area contributed by atoms with Crippen LogP contribution < -0.4 is 11.1 Å². The molecule has 0 amide bonds. The Kier molecular flexibility index (Phi) is 8.87. The summed E-state index contributed by atoms with van der Waals surface area (Å²) in [6, 6.07) is 11.3. The number of piperidine rings is 1. The first-order valence-corrected chi connectivity index (χ1v) is 14.6. The van der Waals surface area contributed by atoms with E-state index in [9.17, 15) is 18.3 Å². The van der Waals surface area contributed by atoms with Crippen molar-refractivity contribution >= 4 is 5.95 Å². The first kappa shape index (κ1) is 30.4.